The molecular weight excluding hydrogens is 662 g/mol. The summed E-state index contributed by atoms with van der Waals surface area (Å²) in [6.07, 6.45) is 7.12. The van der Waals surface area contributed by atoms with Gasteiger partial charge >= 0.3 is 295 Å². The van der Waals surface area contributed by atoms with Crippen molar-refractivity contribution in [1.82, 2.24) is 9.13 Å². The Kier molecular flexibility index (Phi) is 5.83. The first kappa shape index (κ1) is 28.4. The van der Waals surface area contributed by atoms with Crippen molar-refractivity contribution in [2.45, 2.75) is 64.7 Å². The minimum absolute atomic E-state index is 0.0277. The molecule has 0 N–H and O–H groups in total. The van der Waals surface area contributed by atoms with Crippen molar-refractivity contribution in [3.8, 4) is 22.9 Å². The molecule has 0 radical (unpaired) electrons. The number of hydrogen-bond acceptors (Lipinski definition) is 1. The van der Waals surface area contributed by atoms with E-state index in [0.29, 0.717) is 0 Å². The van der Waals surface area contributed by atoms with Gasteiger partial charge in [0.2, 0.25) is 0 Å². The van der Waals surface area contributed by atoms with Crippen LogP contribution < -0.4 is 30.0 Å². The summed E-state index contributed by atoms with van der Waals surface area (Å²) in [5.41, 5.74) is 16.7. The molecule has 2 aliphatic carbocycles. The van der Waals surface area contributed by atoms with Crippen molar-refractivity contribution in [3.05, 3.63) is 125 Å². The third-order valence-electron chi connectivity index (χ3n) is 11.7. The van der Waals surface area contributed by atoms with Gasteiger partial charge in [-0.1, -0.05) is 0 Å². The molecule has 0 saturated carbocycles. The second-order valence-electron chi connectivity index (χ2n) is 15.5. The Bertz CT molecular complexity index is 2400. The van der Waals surface area contributed by atoms with Crippen molar-refractivity contribution in [2.75, 3.05) is 0 Å². The van der Waals surface area contributed by atoms with Crippen molar-refractivity contribution in [1.29, 1.82) is 0 Å². The number of aromatic nitrogens is 2. The van der Waals surface area contributed by atoms with Crippen LogP contribution in [0, 0.1) is 0 Å². The SMILES string of the molecule is CC(C)(C)c1cc2c3c(c1)[Se]c1cc(-n4c5c(c6ccccc64)CCC5)ccc1B3c1ccc(-n3c4c(c5ccccc53)CCC4)cc1O2. The van der Waals surface area contributed by atoms with Crippen molar-refractivity contribution >= 4 is 68.8 Å². The van der Waals surface area contributed by atoms with Gasteiger partial charge in [-0.2, -0.15) is 0 Å². The first-order valence-electron chi connectivity index (χ1n) is 18.0. The van der Waals surface area contributed by atoms with Crippen molar-refractivity contribution in [2.24, 2.45) is 0 Å². The topological polar surface area (TPSA) is 19.1 Å². The predicted molar refractivity (Wildman–Crippen MR) is 205 cm³/mol. The molecule has 0 amide bonds. The van der Waals surface area contributed by atoms with Gasteiger partial charge in [0, 0.05) is 0 Å². The molecule has 0 atom stereocenters. The Morgan fingerprint density at radius 1 is 0.612 bits per heavy atom. The zero-order chi connectivity index (χ0) is 32.6. The molecule has 0 fully saturated rings. The van der Waals surface area contributed by atoms with Crippen LogP contribution in [0.3, 0.4) is 0 Å². The minimum atomic E-state index is 0.0277. The second-order valence-corrected chi connectivity index (χ2v) is 17.8. The summed E-state index contributed by atoms with van der Waals surface area (Å²) in [6, 6.07) is 37.2. The van der Waals surface area contributed by atoms with Crippen LogP contribution >= 0.6 is 0 Å². The molecule has 0 bridgehead atoms. The van der Waals surface area contributed by atoms with Crippen LogP contribution in [0.4, 0.5) is 0 Å². The summed E-state index contributed by atoms with van der Waals surface area (Å²) < 4.78 is 15.1. The van der Waals surface area contributed by atoms with E-state index in [9.17, 15) is 0 Å². The third kappa shape index (κ3) is 3.98. The zero-order valence-electron chi connectivity index (χ0n) is 28.3. The van der Waals surface area contributed by atoms with E-state index >= 15 is 0 Å². The fourth-order valence-electron chi connectivity index (χ4n) is 9.44. The molecular formula is C44H37BN2OSe. The number of aryl methyl sites for hydroxylation is 2. The Hall–Kier alpha value is -4.44. The van der Waals surface area contributed by atoms with Crippen LogP contribution in [0.5, 0.6) is 11.5 Å². The quantitative estimate of drug-likeness (QED) is 0.190. The first-order chi connectivity index (χ1) is 23.9. The normalized spacial score (nSPS) is 15.6. The van der Waals surface area contributed by atoms with Crippen molar-refractivity contribution in [3.63, 3.8) is 0 Å². The molecule has 49 heavy (non-hydrogen) atoms. The molecule has 3 nitrogen and oxygen atoms in total. The number of benzene rings is 5. The molecule has 4 aliphatic rings. The van der Waals surface area contributed by atoms with Crippen LogP contribution in [0.2, 0.25) is 0 Å². The molecule has 238 valence electrons. The maximum atomic E-state index is 7.02. The zero-order valence-corrected chi connectivity index (χ0v) is 30.0. The summed E-state index contributed by atoms with van der Waals surface area (Å²) in [4.78, 5) is 0. The fourth-order valence-corrected chi connectivity index (χ4v) is 12.0. The van der Waals surface area contributed by atoms with E-state index in [1.807, 2.05) is 0 Å². The van der Waals surface area contributed by atoms with E-state index < -0.39 is 0 Å². The number of rotatable bonds is 2. The van der Waals surface area contributed by atoms with E-state index in [1.54, 1.807) is 5.56 Å². The summed E-state index contributed by atoms with van der Waals surface area (Å²) in [5.74, 6) is 2.04. The van der Waals surface area contributed by atoms with Crippen molar-refractivity contribution < 1.29 is 4.74 Å². The molecule has 11 rings (SSSR count). The molecule has 0 saturated heterocycles. The average molecular weight is 700 g/mol. The van der Waals surface area contributed by atoms with Crippen LogP contribution in [-0.2, 0) is 31.1 Å². The van der Waals surface area contributed by atoms with Gasteiger partial charge in [-0.05, 0) is 0 Å². The molecule has 5 heteroatoms. The molecule has 2 aromatic heterocycles. The van der Waals surface area contributed by atoms with E-state index in [0.717, 1.165) is 24.3 Å². The van der Waals surface area contributed by atoms with Gasteiger partial charge in [0.1, 0.15) is 0 Å². The Morgan fingerprint density at radius 3 is 1.88 bits per heavy atom. The Labute approximate surface area is 294 Å². The number of fused-ring (bicyclic) bond motifs is 10. The molecule has 7 aromatic rings. The average Bonchev–Trinajstić information content (AvgIpc) is 3.89. The van der Waals surface area contributed by atoms with E-state index in [-0.39, 0.29) is 27.1 Å². The number of para-hydroxylation sites is 2. The summed E-state index contributed by atoms with van der Waals surface area (Å²) in [6.45, 7) is 7.14. The second kappa shape index (κ2) is 10.1. The molecule has 0 spiro atoms. The molecule has 2 aliphatic heterocycles. The molecule has 5 aromatic carbocycles. The summed E-state index contributed by atoms with van der Waals surface area (Å²) in [7, 11) is 0. The van der Waals surface area contributed by atoms with Gasteiger partial charge in [-0.25, -0.2) is 0 Å². The van der Waals surface area contributed by atoms with Gasteiger partial charge in [-0.3, -0.25) is 0 Å². The number of hydrogen-bond donors (Lipinski definition) is 0. The van der Waals surface area contributed by atoms with Gasteiger partial charge in [0.05, 0.1) is 0 Å². The molecule has 4 heterocycles. The standard InChI is InChI=1S/C44H37BN2OSe/c1-44(2,3)26-22-40-43-42(23-26)49-41-25-28(47-36-15-7-5-11-30(36)32-13-9-17-38(32)47)19-21-34(41)45(43)33-20-18-27(24-39(33)48-40)46-35-14-6-4-10-29(35)31-12-8-16-37(31)46/h4-7,10-11,14-15,18-25H,8-9,12-13,16-17H2,1-3H3. The summed E-state index contributed by atoms with van der Waals surface area (Å²) >= 11 is 0.171. The van der Waals surface area contributed by atoms with Crippen LogP contribution in [0.15, 0.2) is 97.1 Å². The maximum absolute atomic E-state index is 7.02. The van der Waals surface area contributed by atoms with Gasteiger partial charge in [0.15, 0.2) is 0 Å². The number of ether oxygens (including phenoxy) is 1. The monoisotopic (exact) mass is 700 g/mol. The van der Waals surface area contributed by atoms with Crippen LogP contribution in [0.25, 0.3) is 33.2 Å². The number of nitrogens with zero attached hydrogens (tertiary/aromatic N) is 2. The Balaban J connectivity index is 1.11. The van der Waals surface area contributed by atoms with Gasteiger partial charge in [0.25, 0.3) is 0 Å². The fraction of sp³-hybridized carbons (Fsp3) is 0.227. The van der Waals surface area contributed by atoms with E-state index in [2.05, 4.69) is 127 Å². The van der Waals surface area contributed by atoms with Crippen LogP contribution in [0.1, 0.15) is 61.7 Å². The van der Waals surface area contributed by atoms with Crippen LogP contribution in [-0.4, -0.2) is 30.8 Å². The van der Waals surface area contributed by atoms with Gasteiger partial charge < -0.3 is 0 Å². The molecule has 0 unspecified atom stereocenters. The predicted octanol–water partition coefficient (Wildman–Crippen LogP) is 6.44. The Morgan fingerprint density at radius 2 is 1.22 bits per heavy atom. The summed E-state index contributed by atoms with van der Waals surface area (Å²) in [5, 5.41) is 2.83. The van der Waals surface area contributed by atoms with Gasteiger partial charge in [-0.15, -0.1) is 0 Å². The van der Waals surface area contributed by atoms with E-state index in [4.69, 9.17) is 4.74 Å². The first-order valence-corrected chi connectivity index (χ1v) is 19.7. The third-order valence-corrected chi connectivity index (χ3v) is 14.1. The van der Waals surface area contributed by atoms with E-state index in [1.165, 1.54) is 107 Å².